The summed E-state index contributed by atoms with van der Waals surface area (Å²) in [5.41, 5.74) is 1.67. The number of carbonyl (C=O) groups excluding carboxylic acids is 2. The molecule has 0 aliphatic rings. The molecule has 2 rings (SSSR count). The Morgan fingerprint density at radius 2 is 1.35 bits per heavy atom. The molecule has 0 heterocycles. The third kappa shape index (κ3) is 4.20. The van der Waals surface area contributed by atoms with Crippen molar-refractivity contribution in [3.05, 3.63) is 48.5 Å². The Kier molecular flexibility index (Phi) is 5.66. The van der Waals surface area contributed by atoms with Crippen molar-refractivity contribution in [3.63, 3.8) is 0 Å². The number of sulfonamides is 1. The third-order valence-electron chi connectivity index (χ3n) is 3.91. The van der Waals surface area contributed by atoms with Crippen molar-refractivity contribution < 1.29 is 18.0 Å². The van der Waals surface area contributed by atoms with Crippen molar-refractivity contribution in [1.29, 1.82) is 0 Å². The highest BCUT2D eigenvalue weighted by Crippen LogP contribution is 2.25. The molecule has 0 radical (unpaired) electrons. The van der Waals surface area contributed by atoms with Crippen LogP contribution in [-0.4, -0.2) is 34.3 Å². The van der Waals surface area contributed by atoms with Crippen LogP contribution in [0.25, 0.3) is 0 Å². The quantitative estimate of drug-likeness (QED) is 0.870. The molecular formula is C18H21N3O4S. The van der Waals surface area contributed by atoms with Crippen LogP contribution in [0.3, 0.4) is 0 Å². The zero-order valence-corrected chi connectivity index (χ0v) is 15.9. The minimum Gasteiger partial charge on any atom is -0.326 e. The Morgan fingerprint density at radius 3 is 1.81 bits per heavy atom. The first kappa shape index (κ1) is 19.5. The van der Waals surface area contributed by atoms with Gasteiger partial charge >= 0.3 is 0 Å². The molecule has 2 amide bonds. The van der Waals surface area contributed by atoms with Gasteiger partial charge in [0.05, 0.1) is 10.6 Å². The van der Waals surface area contributed by atoms with Gasteiger partial charge < -0.3 is 10.2 Å². The van der Waals surface area contributed by atoms with Crippen LogP contribution in [0.15, 0.2) is 53.4 Å². The highest BCUT2D eigenvalue weighted by Gasteiger charge is 2.21. The van der Waals surface area contributed by atoms with Crippen molar-refractivity contribution >= 4 is 38.9 Å². The Hall–Kier alpha value is -2.87. The van der Waals surface area contributed by atoms with E-state index >= 15 is 0 Å². The standard InChI is InChI=1S/C18H21N3O4S/c1-13(22)19-15-5-11-18(12-6-15)26(24,25)21(4)17-9-7-16(8-10-17)20(3)14(2)23/h5-12H,1-4H3,(H,19,22). The molecule has 0 aromatic heterocycles. The summed E-state index contributed by atoms with van der Waals surface area (Å²) in [5.74, 6) is -0.341. The molecule has 0 aliphatic carbocycles. The van der Waals surface area contributed by atoms with E-state index in [9.17, 15) is 18.0 Å². The first-order valence-electron chi connectivity index (χ1n) is 7.84. The molecule has 2 aromatic rings. The van der Waals surface area contributed by atoms with Gasteiger partial charge in [-0.1, -0.05) is 0 Å². The number of nitrogens with zero attached hydrogens (tertiary/aromatic N) is 2. The molecule has 0 spiro atoms. The maximum absolute atomic E-state index is 12.8. The maximum Gasteiger partial charge on any atom is 0.264 e. The number of hydrogen-bond donors (Lipinski definition) is 1. The second kappa shape index (κ2) is 7.57. The van der Waals surface area contributed by atoms with Gasteiger partial charge in [0.15, 0.2) is 0 Å². The lowest BCUT2D eigenvalue weighted by Crippen LogP contribution is -2.27. The molecule has 2 aromatic carbocycles. The smallest absolute Gasteiger partial charge is 0.264 e. The molecule has 0 aliphatic heterocycles. The fourth-order valence-corrected chi connectivity index (χ4v) is 3.47. The Labute approximate surface area is 153 Å². The topological polar surface area (TPSA) is 86.8 Å². The second-order valence-electron chi connectivity index (χ2n) is 5.77. The number of rotatable bonds is 5. The summed E-state index contributed by atoms with van der Waals surface area (Å²) in [6, 6.07) is 12.6. The SMILES string of the molecule is CC(=O)Nc1ccc(S(=O)(=O)N(C)c2ccc(N(C)C(C)=O)cc2)cc1. The summed E-state index contributed by atoms with van der Waals surface area (Å²) in [6.07, 6.45) is 0. The number of hydrogen-bond acceptors (Lipinski definition) is 4. The summed E-state index contributed by atoms with van der Waals surface area (Å²) in [5, 5.41) is 2.59. The number of anilines is 3. The van der Waals surface area contributed by atoms with Crippen LogP contribution in [0.4, 0.5) is 17.1 Å². The summed E-state index contributed by atoms with van der Waals surface area (Å²) in [7, 11) is -0.640. The number of amides is 2. The van der Waals surface area contributed by atoms with Crippen LogP contribution >= 0.6 is 0 Å². The van der Waals surface area contributed by atoms with E-state index in [4.69, 9.17) is 0 Å². The van der Waals surface area contributed by atoms with Crippen LogP contribution < -0.4 is 14.5 Å². The van der Waals surface area contributed by atoms with Gasteiger partial charge in [0.2, 0.25) is 11.8 Å². The Bertz CT molecular complexity index is 906. The first-order chi connectivity index (χ1) is 12.1. The molecular weight excluding hydrogens is 354 g/mol. The number of carbonyl (C=O) groups is 2. The van der Waals surface area contributed by atoms with Crippen molar-refractivity contribution in [1.82, 2.24) is 0 Å². The molecule has 0 saturated carbocycles. The Balaban J connectivity index is 2.25. The molecule has 0 unspecified atom stereocenters. The van der Waals surface area contributed by atoms with E-state index < -0.39 is 10.0 Å². The lowest BCUT2D eigenvalue weighted by atomic mass is 10.2. The molecule has 8 heteroatoms. The number of benzene rings is 2. The highest BCUT2D eigenvalue weighted by atomic mass is 32.2. The Morgan fingerprint density at radius 1 is 0.846 bits per heavy atom. The largest absolute Gasteiger partial charge is 0.326 e. The van der Waals surface area contributed by atoms with E-state index in [2.05, 4.69) is 5.32 Å². The highest BCUT2D eigenvalue weighted by molar-refractivity contribution is 7.92. The van der Waals surface area contributed by atoms with Crippen molar-refractivity contribution in [2.75, 3.05) is 28.6 Å². The van der Waals surface area contributed by atoms with Gasteiger partial charge in [-0.25, -0.2) is 8.42 Å². The molecule has 26 heavy (non-hydrogen) atoms. The molecule has 0 saturated heterocycles. The number of nitrogens with one attached hydrogen (secondary N) is 1. The normalized spacial score (nSPS) is 10.9. The fraction of sp³-hybridized carbons (Fsp3) is 0.222. The molecule has 7 nitrogen and oxygen atoms in total. The summed E-state index contributed by atoms with van der Waals surface area (Å²) in [6.45, 7) is 2.83. The van der Waals surface area contributed by atoms with Crippen LogP contribution in [0.1, 0.15) is 13.8 Å². The van der Waals surface area contributed by atoms with Crippen molar-refractivity contribution in [2.45, 2.75) is 18.7 Å². The van der Waals surface area contributed by atoms with Gasteiger partial charge in [0.1, 0.15) is 0 Å². The van der Waals surface area contributed by atoms with Gasteiger partial charge in [-0.05, 0) is 48.5 Å². The molecule has 0 fully saturated rings. The van der Waals surface area contributed by atoms with Crippen LogP contribution in [0, 0.1) is 0 Å². The monoisotopic (exact) mass is 375 g/mol. The third-order valence-corrected chi connectivity index (χ3v) is 5.71. The van der Waals surface area contributed by atoms with Crippen LogP contribution in [0.5, 0.6) is 0 Å². The zero-order chi connectivity index (χ0) is 19.5. The first-order valence-corrected chi connectivity index (χ1v) is 9.28. The lowest BCUT2D eigenvalue weighted by Gasteiger charge is -2.21. The van der Waals surface area contributed by atoms with E-state index in [0.717, 1.165) is 4.31 Å². The lowest BCUT2D eigenvalue weighted by molar-refractivity contribution is -0.116. The molecule has 138 valence electrons. The van der Waals surface area contributed by atoms with E-state index in [0.29, 0.717) is 17.1 Å². The maximum atomic E-state index is 12.8. The predicted molar refractivity (Wildman–Crippen MR) is 102 cm³/mol. The zero-order valence-electron chi connectivity index (χ0n) is 15.1. The van der Waals surface area contributed by atoms with Crippen molar-refractivity contribution in [2.24, 2.45) is 0 Å². The van der Waals surface area contributed by atoms with Gasteiger partial charge in [-0.2, -0.15) is 0 Å². The molecule has 0 bridgehead atoms. The molecule has 0 atom stereocenters. The summed E-state index contributed by atoms with van der Waals surface area (Å²) < 4.78 is 26.7. The van der Waals surface area contributed by atoms with E-state index in [1.165, 1.54) is 50.1 Å². The average Bonchev–Trinajstić information content (AvgIpc) is 2.60. The minimum absolute atomic E-state index is 0.110. The van der Waals surface area contributed by atoms with E-state index in [-0.39, 0.29) is 16.7 Å². The predicted octanol–water partition coefficient (Wildman–Crippen LogP) is 2.45. The second-order valence-corrected chi connectivity index (χ2v) is 7.74. The molecule has 1 N–H and O–H groups in total. The van der Waals surface area contributed by atoms with Gasteiger partial charge in [-0.3, -0.25) is 13.9 Å². The fourth-order valence-electron chi connectivity index (χ4n) is 2.28. The van der Waals surface area contributed by atoms with E-state index in [1.54, 1.807) is 31.3 Å². The average molecular weight is 375 g/mol. The van der Waals surface area contributed by atoms with Gasteiger partial charge in [0, 0.05) is 39.3 Å². The summed E-state index contributed by atoms with van der Waals surface area (Å²) in [4.78, 5) is 24.0. The summed E-state index contributed by atoms with van der Waals surface area (Å²) >= 11 is 0. The minimum atomic E-state index is -3.75. The van der Waals surface area contributed by atoms with Gasteiger partial charge in [0.25, 0.3) is 10.0 Å². The van der Waals surface area contributed by atoms with Crippen molar-refractivity contribution in [3.8, 4) is 0 Å². The van der Waals surface area contributed by atoms with E-state index in [1.807, 2.05) is 0 Å². The van der Waals surface area contributed by atoms with Crippen LogP contribution in [-0.2, 0) is 19.6 Å². The van der Waals surface area contributed by atoms with Gasteiger partial charge in [-0.15, -0.1) is 0 Å². The van der Waals surface area contributed by atoms with Crippen LogP contribution in [0.2, 0.25) is 0 Å².